The van der Waals surface area contributed by atoms with Crippen LogP contribution in [0.3, 0.4) is 0 Å². The zero-order chi connectivity index (χ0) is 24.5. The second-order valence-corrected chi connectivity index (χ2v) is 9.64. The van der Waals surface area contributed by atoms with Crippen molar-refractivity contribution < 1.29 is 28.9 Å². The predicted molar refractivity (Wildman–Crippen MR) is 145 cm³/mol. The fraction of sp³-hybridized carbons (Fsp3) is 0.429. The lowest BCUT2D eigenvalue weighted by Gasteiger charge is -2.33. The van der Waals surface area contributed by atoms with Crippen LogP contribution in [-0.2, 0) is 12.8 Å². The van der Waals surface area contributed by atoms with Crippen LogP contribution in [-0.4, -0.2) is 64.6 Å². The lowest BCUT2D eigenvalue weighted by atomic mass is 9.88. The Bertz CT molecular complexity index is 1350. The SMILES string of the molecule is CCc1nnc(-c2cc3c(OC[C@@H](O)CN4CCC(c5ccc6c(c5)CCO6)CC4)cccc3o2)o1.Cl.O. The van der Waals surface area contributed by atoms with Gasteiger partial charge in [-0.2, -0.15) is 0 Å². The van der Waals surface area contributed by atoms with Crippen LogP contribution in [0, 0.1) is 0 Å². The summed E-state index contributed by atoms with van der Waals surface area (Å²) in [6, 6.07) is 14.1. The minimum atomic E-state index is -0.580. The van der Waals surface area contributed by atoms with Crippen LogP contribution in [0.2, 0.25) is 0 Å². The molecule has 0 amide bonds. The summed E-state index contributed by atoms with van der Waals surface area (Å²) in [7, 11) is 0. The van der Waals surface area contributed by atoms with Crippen molar-refractivity contribution in [2.75, 3.05) is 32.8 Å². The lowest BCUT2D eigenvalue weighted by Crippen LogP contribution is -2.40. The van der Waals surface area contributed by atoms with Crippen LogP contribution < -0.4 is 9.47 Å². The third-order valence-electron chi connectivity index (χ3n) is 7.17. The average Bonchev–Trinajstić information content (AvgIpc) is 3.66. The fourth-order valence-corrected chi connectivity index (χ4v) is 5.21. The summed E-state index contributed by atoms with van der Waals surface area (Å²) < 4.78 is 23.2. The number of hydrogen-bond acceptors (Lipinski definition) is 8. The van der Waals surface area contributed by atoms with E-state index in [9.17, 15) is 5.11 Å². The second kappa shape index (κ2) is 12.2. The van der Waals surface area contributed by atoms with Crippen molar-refractivity contribution in [2.24, 2.45) is 0 Å². The summed E-state index contributed by atoms with van der Waals surface area (Å²) in [5.74, 6) is 3.70. The molecule has 2 aromatic heterocycles. The van der Waals surface area contributed by atoms with Gasteiger partial charge in [-0.25, -0.2) is 0 Å². The number of aliphatic hydroxyl groups is 1. The Morgan fingerprint density at radius 3 is 2.74 bits per heavy atom. The molecule has 4 aromatic rings. The molecule has 0 saturated carbocycles. The van der Waals surface area contributed by atoms with Gasteiger partial charge in [0.25, 0.3) is 5.89 Å². The topological polar surface area (TPSA) is 125 Å². The zero-order valence-corrected chi connectivity index (χ0v) is 22.2. The van der Waals surface area contributed by atoms with Crippen LogP contribution in [0.4, 0.5) is 0 Å². The van der Waals surface area contributed by atoms with Gasteiger partial charge in [-0.15, -0.1) is 22.6 Å². The van der Waals surface area contributed by atoms with Gasteiger partial charge in [0.15, 0.2) is 5.76 Å². The van der Waals surface area contributed by atoms with Crippen molar-refractivity contribution in [3.8, 4) is 23.1 Å². The Balaban J connectivity index is 0.00000168. The number of piperidine rings is 1. The van der Waals surface area contributed by atoms with Gasteiger partial charge >= 0.3 is 0 Å². The van der Waals surface area contributed by atoms with E-state index in [0.717, 1.165) is 50.1 Å². The summed E-state index contributed by atoms with van der Waals surface area (Å²) in [6.07, 6.45) is 3.29. The Morgan fingerprint density at radius 2 is 1.95 bits per heavy atom. The zero-order valence-electron chi connectivity index (χ0n) is 21.4. The Hall–Kier alpha value is -3.11. The molecular weight excluding hydrogens is 510 g/mol. The highest BCUT2D eigenvalue weighted by Gasteiger charge is 2.24. The molecule has 0 spiro atoms. The van der Waals surface area contributed by atoms with Gasteiger partial charge in [0.05, 0.1) is 12.0 Å². The number of aryl methyl sites for hydroxylation is 1. The van der Waals surface area contributed by atoms with Crippen molar-refractivity contribution in [1.82, 2.24) is 15.1 Å². The largest absolute Gasteiger partial charge is 0.493 e. The van der Waals surface area contributed by atoms with Crippen LogP contribution >= 0.6 is 12.4 Å². The number of fused-ring (bicyclic) bond motifs is 2. The van der Waals surface area contributed by atoms with E-state index in [0.29, 0.717) is 47.8 Å². The van der Waals surface area contributed by atoms with Gasteiger partial charge in [0, 0.05) is 25.5 Å². The first-order chi connectivity index (χ1) is 17.7. The third-order valence-corrected chi connectivity index (χ3v) is 7.17. The van der Waals surface area contributed by atoms with Crippen molar-refractivity contribution in [1.29, 1.82) is 0 Å². The van der Waals surface area contributed by atoms with Gasteiger partial charge in [-0.3, -0.25) is 0 Å². The molecule has 204 valence electrons. The Morgan fingerprint density at radius 1 is 1.11 bits per heavy atom. The molecule has 9 nitrogen and oxygen atoms in total. The van der Waals surface area contributed by atoms with Crippen LogP contribution in [0.5, 0.6) is 11.5 Å². The first kappa shape index (κ1) is 27.9. The number of hydrogen-bond donors (Lipinski definition) is 1. The van der Waals surface area contributed by atoms with E-state index in [-0.39, 0.29) is 24.5 Å². The number of likely N-dealkylation sites (tertiary alicyclic amines) is 1. The molecule has 1 saturated heterocycles. The van der Waals surface area contributed by atoms with Crippen molar-refractivity contribution in [3.63, 3.8) is 0 Å². The quantitative estimate of drug-likeness (QED) is 0.350. The molecule has 4 heterocycles. The lowest BCUT2D eigenvalue weighted by molar-refractivity contribution is 0.0599. The maximum absolute atomic E-state index is 10.7. The van der Waals surface area contributed by atoms with Gasteiger partial charge in [-0.05, 0) is 61.2 Å². The summed E-state index contributed by atoms with van der Waals surface area (Å²) in [5, 5.41) is 19.6. The monoisotopic (exact) mass is 543 g/mol. The molecule has 3 N–H and O–H groups in total. The normalized spacial score (nSPS) is 16.4. The van der Waals surface area contributed by atoms with E-state index in [1.807, 2.05) is 31.2 Å². The van der Waals surface area contributed by atoms with E-state index < -0.39 is 6.10 Å². The third kappa shape index (κ3) is 5.81. The Kier molecular flexibility index (Phi) is 8.94. The second-order valence-electron chi connectivity index (χ2n) is 9.64. The van der Waals surface area contributed by atoms with Crippen molar-refractivity contribution in [3.05, 3.63) is 59.5 Å². The van der Waals surface area contributed by atoms with E-state index in [2.05, 4.69) is 33.3 Å². The summed E-state index contributed by atoms with van der Waals surface area (Å²) in [4.78, 5) is 2.33. The maximum Gasteiger partial charge on any atom is 0.283 e. The van der Waals surface area contributed by atoms with Gasteiger partial charge < -0.3 is 33.8 Å². The molecular formula is C28H34ClN3O6. The van der Waals surface area contributed by atoms with Crippen LogP contribution in [0.25, 0.3) is 22.6 Å². The molecule has 38 heavy (non-hydrogen) atoms. The van der Waals surface area contributed by atoms with Crippen LogP contribution in [0.1, 0.15) is 42.7 Å². The molecule has 0 radical (unpaired) electrons. The number of β-amino-alcohol motifs (C(OH)–C–C–N with tert-alkyl or cyclic N) is 1. The molecule has 2 aromatic carbocycles. The van der Waals surface area contributed by atoms with Gasteiger partial charge in [-0.1, -0.05) is 25.1 Å². The molecule has 10 heteroatoms. The molecule has 2 aliphatic rings. The summed E-state index contributed by atoms with van der Waals surface area (Å²) in [6.45, 7) is 5.51. The van der Waals surface area contributed by atoms with E-state index in [4.69, 9.17) is 18.3 Å². The molecule has 2 aliphatic heterocycles. The predicted octanol–water partition coefficient (Wildman–Crippen LogP) is 4.20. The highest BCUT2D eigenvalue weighted by molar-refractivity contribution is 5.87. The van der Waals surface area contributed by atoms with E-state index >= 15 is 0 Å². The first-order valence-corrected chi connectivity index (χ1v) is 12.8. The number of aliphatic hydroxyl groups excluding tert-OH is 1. The molecule has 1 atom stereocenters. The molecule has 0 bridgehead atoms. The average molecular weight is 544 g/mol. The number of nitrogens with zero attached hydrogens (tertiary/aromatic N) is 3. The maximum atomic E-state index is 10.7. The Labute approximate surface area is 227 Å². The standard InChI is InChI=1S/C28H31N3O5.ClH.H2O/c1-2-27-29-30-28(36-27)26-15-22-24(4-3-5-25(22)35-26)34-17-21(32)16-31-11-8-18(9-12-31)19-6-7-23-20(14-19)10-13-33-23;;/h3-7,14-15,18,21,32H,2,8-13,16-17H2,1H3;1H;1H2/t21-;;/m0../s1. The van der Waals surface area contributed by atoms with Crippen LogP contribution in [0.15, 0.2) is 51.3 Å². The summed E-state index contributed by atoms with van der Waals surface area (Å²) >= 11 is 0. The van der Waals surface area contributed by atoms with Crippen molar-refractivity contribution >= 4 is 23.4 Å². The molecule has 6 rings (SSSR count). The molecule has 0 aliphatic carbocycles. The number of ether oxygens (including phenoxy) is 2. The highest BCUT2D eigenvalue weighted by Crippen LogP contribution is 2.34. The number of furan rings is 1. The minimum Gasteiger partial charge on any atom is -0.493 e. The van der Waals surface area contributed by atoms with E-state index in [1.54, 1.807) is 0 Å². The summed E-state index contributed by atoms with van der Waals surface area (Å²) in [5.41, 5.74) is 3.43. The smallest absolute Gasteiger partial charge is 0.283 e. The van der Waals surface area contributed by atoms with Gasteiger partial charge in [0.1, 0.15) is 29.8 Å². The minimum absolute atomic E-state index is 0. The van der Waals surface area contributed by atoms with E-state index in [1.165, 1.54) is 11.1 Å². The fourth-order valence-electron chi connectivity index (χ4n) is 5.21. The first-order valence-electron chi connectivity index (χ1n) is 12.8. The van der Waals surface area contributed by atoms with Gasteiger partial charge in [0.2, 0.25) is 5.89 Å². The number of halogens is 1. The molecule has 0 unspecified atom stereocenters. The molecule has 1 fully saturated rings. The number of aromatic nitrogens is 2. The number of benzene rings is 2. The number of rotatable bonds is 8. The van der Waals surface area contributed by atoms with Crippen molar-refractivity contribution in [2.45, 2.75) is 44.6 Å². The highest BCUT2D eigenvalue weighted by atomic mass is 35.5.